The second-order valence-electron chi connectivity index (χ2n) is 3.66. The van der Waals surface area contributed by atoms with Gasteiger partial charge in [0.2, 0.25) is 0 Å². The molecule has 4 heteroatoms. The van der Waals surface area contributed by atoms with Crippen molar-refractivity contribution in [3.8, 4) is 0 Å². The fraction of sp³-hybridized carbons (Fsp3) is 0.500. The largest absolute Gasteiger partial charge is 0.399 e. The molecule has 3 nitrogen and oxygen atoms in total. The summed E-state index contributed by atoms with van der Waals surface area (Å²) in [6, 6.07) is 3.55. The third-order valence-electron chi connectivity index (χ3n) is 2.55. The molecule has 1 unspecified atom stereocenters. The number of nitrogens with two attached hydrogens (primary N) is 1. The van der Waals surface area contributed by atoms with Crippen LogP contribution < -0.4 is 5.73 Å². The highest BCUT2D eigenvalue weighted by Gasteiger charge is 2.23. The summed E-state index contributed by atoms with van der Waals surface area (Å²) in [5.41, 5.74) is 7.16. The molecule has 0 amide bonds. The van der Waals surface area contributed by atoms with E-state index in [1.165, 1.54) is 6.42 Å². The van der Waals surface area contributed by atoms with E-state index in [9.17, 15) is 4.21 Å². The summed E-state index contributed by atoms with van der Waals surface area (Å²) in [6.07, 6.45) is 5.10. The minimum Gasteiger partial charge on any atom is -0.399 e. The van der Waals surface area contributed by atoms with E-state index in [1.54, 1.807) is 18.3 Å². The first-order chi connectivity index (χ1) is 6.75. The van der Waals surface area contributed by atoms with Crippen LogP contribution in [-0.2, 0) is 16.6 Å². The van der Waals surface area contributed by atoms with Crippen molar-refractivity contribution in [1.29, 1.82) is 0 Å². The predicted octanol–water partition coefficient (Wildman–Crippen LogP) is 1.47. The fourth-order valence-corrected chi connectivity index (χ4v) is 3.02. The first-order valence-electron chi connectivity index (χ1n) is 4.83. The number of hydrogen-bond donors (Lipinski definition) is 1. The summed E-state index contributed by atoms with van der Waals surface area (Å²) in [6.45, 7) is 0. The molecule has 1 aromatic rings. The maximum absolute atomic E-state index is 11.7. The van der Waals surface area contributed by atoms with E-state index in [2.05, 4.69) is 4.98 Å². The van der Waals surface area contributed by atoms with Crippen molar-refractivity contribution in [1.82, 2.24) is 4.98 Å². The van der Waals surface area contributed by atoms with Crippen LogP contribution in [0.4, 0.5) is 5.69 Å². The minimum atomic E-state index is -0.755. The molecule has 2 rings (SSSR count). The maximum Gasteiger partial charge on any atom is 0.0662 e. The quantitative estimate of drug-likeness (QED) is 0.821. The highest BCUT2D eigenvalue weighted by Crippen LogP contribution is 2.25. The molecule has 0 radical (unpaired) electrons. The van der Waals surface area contributed by atoms with Crippen molar-refractivity contribution >= 4 is 16.5 Å². The van der Waals surface area contributed by atoms with Crippen LogP contribution in [0.5, 0.6) is 0 Å². The van der Waals surface area contributed by atoms with Crippen LogP contribution in [0.1, 0.15) is 25.0 Å². The molecule has 0 aromatic carbocycles. The normalized spacial score (nSPS) is 18.9. The van der Waals surface area contributed by atoms with Crippen LogP contribution in [0.2, 0.25) is 0 Å². The Labute approximate surface area is 86.2 Å². The van der Waals surface area contributed by atoms with Gasteiger partial charge in [0.05, 0.1) is 11.4 Å². The van der Waals surface area contributed by atoms with Crippen LogP contribution in [-0.4, -0.2) is 14.4 Å². The molecule has 1 atom stereocenters. The van der Waals surface area contributed by atoms with E-state index in [4.69, 9.17) is 5.73 Å². The monoisotopic (exact) mass is 210 g/mol. The topological polar surface area (TPSA) is 56.0 Å². The molecule has 0 saturated heterocycles. The first-order valence-corrected chi connectivity index (χ1v) is 6.21. The lowest BCUT2D eigenvalue weighted by Gasteiger charge is -2.24. The van der Waals surface area contributed by atoms with Gasteiger partial charge in [-0.3, -0.25) is 9.19 Å². The van der Waals surface area contributed by atoms with Gasteiger partial charge in [0.15, 0.2) is 0 Å². The summed E-state index contributed by atoms with van der Waals surface area (Å²) < 4.78 is 11.7. The Kier molecular flexibility index (Phi) is 2.82. The van der Waals surface area contributed by atoms with Gasteiger partial charge in [-0.2, -0.15) is 0 Å². The molecular formula is C10H14N2OS. The van der Waals surface area contributed by atoms with Crippen LogP contribution in [0.15, 0.2) is 18.3 Å². The van der Waals surface area contributed by atoms with E-state index < -0.39 is 10.8 Å². The molecule has 0 aliphatic heterocycles. The van der Waals surface area contributed by atoms with Crippen LogP contribution in [0.25, 0.3) is 0 Å². The highest BCUT2D eigenvalue weighted by atomic mass is 32.2. The lowest BCUT2D eigenvalue weighted by atomic mass is 10.0. The average molecular weight is 210 g/mol. The Morgan fingerprint density at radius 2 is 2.36 bits per heavy atom. The zero-order valence-corrected chi connectivity index (χ0v) is 8.80. The first kappa shape index (κ1) is 9.65. The van der Waals surface area contributed by atoms with Crippen LogP contribution in [0, 0.1) is 0 Å². The molecule has 14 heavy (non-hydrogen) atoms. The summed E-state index contributed by atoms with van der Waals surface area (Å²) in [5, 5.41) is 0.401. The standard InChI is InChI=1S/C10H14N2OS/c11-8-4-5-12-9(6-8)7-14(13)10-2-1-3-10/h4-6,10H,1-3,7H2,(H2,11,12). The number of nitrogen functional groups attached to an aromatic ring is 1. The molecule has 1 aliphatic rings. The molecule has 0 spiro atoms. The van der Waals surface area contributed by atoms with E-state index in [1.807, 2.05) is 0 Å². The molecule has 1 saturated carbocycles. The van der Waals surface area contributed by atoms with Gasteiger partial charge in [-0.05, 0) is 25.0 Å². The third-order valence-corrected chi connectivity index (χ3v) is 4.35. The zero-order chi connectivity index (χ0) is 9.97. The second-order valence-corrected chi connectivity index (χ2v) is 5.38. The number of rotatable bonds is 3. The Morgan fingerprint density at radius 3 is 2.93 bits per heavy atom. The molecule has 76 valence electrons. The Hall–Kier alpha value is -0.900. The SMILES string of the molecule is Nc1ccnc(CS(=O)C2CCC2)c1. The van der Waals surface area contributed by atoms with Crippen molar-refractivity contribution in [2.45, 2.75) is 30.3 Å². The Bertz CT molecular complexity index is 350. The van der Waals surface area contributed by atoms with Crippen LogP contribution >= 0.6 is 0 Å². The number of nitrogens with zero attached hydrogens (tertiary/aromatic N) is 1. The summed E-state index contributed by atoms with van der Waals surface area (Å²) in [4.78, 5) is 4.15. The lowest BCUT2D eigenvalue weighted by molar-refractivity contribution is 0.504. The highest BCUT2D eigenvalue weighted by molar-refractivity contribution is 7.84. The second kappa shape index (κ2) is 4.09. The van der Waals surface area contributed by atoms with Gasteiger partial charge in [0.25, 0.3) is 0 Å². The smallest absolute Gasteiger partial charge is 0.0662 e. The van der Waals surface area contributed by atoms with Gasteiger partial charge in [-0.1, -0.05) is 6.42 Å². The zero-order valence-electron chi connectivity index (χ0n) is 7.98. The van der Waals surface area contributed by atoms with E-state index in [0.717, 1.165) is 18.5 Å². The molecular weight excluding hydrogens is 196 g/mol. The minimum absolute atomic E-state index is 0.401. The van der Waals surface area contributed by atoms with Crippen molar-refractivity contribution in [3.63, 3.8) is 0 Å². The molecule has 1 aromatic heterocycles. The van der Waals surface area contributed by atoms with E-state index in [0.29, 0.717) is 16.7 Å². The summed E-state index contributed by atoms with van der Waals surface area (Å²) >= 11 is 0. The van der Waals surface area contributed by atoms with Crippen molar-refractivity contribution in [2.75, 3.05) is 5.73 Å². The molecule has 2 N–H and O–H groups in total. The Balaban J connectivity index is 1.99. The summed E-state index contributed by atoms with van der Waals surface area (Å²) in [7, 11) is -0.755. The maximum atomic E-state index is 11.7. The fourth-order valence-electron chi connectivity index (χ4n) is 1.47. The van der Waals surface area contributed by atoms with Gasteiger partial charge in [0.1, 0.15) is 0 Å². The molecule has 1 aliphatic carbocycles. The number of pyridine rings is 1. The van der Waals surface area contributed by atoms with Gasteiger partial charge < -0.3 is 5.73 Å². The van der Waals surface area contributed by atoms with Gasteiger partial charge in [0, 0.05) is 27.9 Å². The predicted molar refractivity (Wildman–Crippen MR) is 58.1 cm³/mol. The van der Waals surface area contributed by atoms with Gasteiger partial charge in [-0.25, -0.2) is 0 Å². The lowest BCUT2D eigenvalue weighted by Crippen LogP contribution is -2.24. The van der Waals surface area contributed by atoms with E-state index >= 15 is 0 Å². The van der Waals surface area contributed by atoms with Crippen molar-refractivity contribution in [3.05, 3.63) is 24.0 Å². The summed E-state index contributed by atoms with van der Waals surface area (Å²) in [5.74, 6) is 0.551. The number of hydrogen-bond acceptors (Lipinski definition) is 3. The molecule has 1 heterocycles. The van der Waals surface area contributed by atoms with Crippen molar-refractivity contribution in [2.24, 2.45) is 0 Å². The molecule has 1 fully saturated rings. The third kappa shape index (κ3) is 2.12. The van der Waals surface area contributed by atoms with Crippen molar-refractivity contribution < 1.29 is 4.21 Å². The van der Waals surface area contributed by atoms with Gasteiger partial charge >= 0.3 is 0 Å². The number of aromatic nitrogens is 1. The number of anilines is 1. The molecule has 0 bridgehead atoms. The van der Waals surface area contributed by atoms with Gasteiger partial charge in [-0.15, -0.1) is 0 Å². The van der Waals surface area contributed by atoms with E-state index in [-0.39, 0.29) is 0 Å². The Morgan fingerprint density at radius 1 is 1.57 bits per heavy atom. The average Bonchev–Trinajstić information content (AvgIpc) is 1.99. The van der Waals surface area contributed by atoms with Crippen LogP contribution in [0.3, 0.4) is 0 Å².